The van der Waals surface area contributed by atoms with Gasteiger partial charge in [0.1, 0.15) is 5.75 Å². The molecule has 0 saturated carbocycles. The molecular formula is C20H21N3O3. The summed E-state index contributed by atoms with van der Waals surface area (Å²) in [6, 6.07) is 15.3. The number of hydrogen-bond acceptors (Lipinski definition) is 5. The first-order valence-corrected chi connectivity index (χ1v) is 8.53. The highest BCUT2D eigenvalue weighted by Gasteiger charge is 2.10. The zero-order chi connectivity index (χ0) is 18.4. The van der Waals surface area contributed by atoms with Crippen molar-refractivity contribution in [2.24, 2.45) is 0 Å². The van der Waals surface area contributed by atoms with Crippen LogP contribution in [0.5, 0.6) is 5.75 Å². The fourth-order valence-electron chi connectivity index (χ4n) is 2.55. The minimum atomic E-state index is -0.168. The number of aryl methyl sites for hydroxylation is 1. The molecule has 0 aliphatic rings. The molecule has 0 bridgehead atoms. The van der Waals surface area contributed by atoms with Crippen LogP contribution in [0.3, 0.4) is 0 Å². The number of hydrogen-bond donors (Lipinski definition) is 1. The highest BCUT2D eigenvalue weighted by atomic mass is 16.5. The van der Waals surface area contributed by atoms with Crippen LogP contribution in [0.2, 0.25) is 0 Å². The Morgan fingerprint density at radius 1 is 1.15 bits per heavy atom. The summed E-state index contributed by atoms with van der Waals surface area (Å²) in [6.07, 6.45) is 2.28. The molecule has 0 radical (unpaired) electrons. The SMILES string of the molecule is CCc1ccc([C@@H](C)NC(=O)COc2ccc(-c3nnco3)cc2)cc1. The van der Waals surface area contributed by atoms with Gasteiger partial charge < -0.3 is 14.5 Å². The molecule has 0 fully saturated rings. The van der Waals surface area contributed by atoms with E-state index >= 15 is 0 Å². The number of aromatic nitrogens is 2. The molecule has 6 heteroatoms. The summed E-state index contributed by atoms with van der Waals surface area (Å²) in [4.78, 5) is 12.1. The van der Waals surface area contributed by atoms with Gasteiger partial charge in [-0.05, 0) is 48.7 Å². The first kappa shape index (κ1) is 17.7. The molecule has 0 spiro atoms. The fraction of sp³-hybridized carbons (Fsp3) is 0.250. The Hall–Kier alpha value is -3.15. The molecule has 1 heterocycles. The van der Waals surface area contributed by atoms with E-state index in [0.717, 1.165) is 17.5 Å². The van der Waals surface area contributed by atoms with E-state index < -0.39 is 0 Å². The smallest absolute Gasteiger partial charge is 0.258 e. The summed E-state index contributed by atoms with van der Waals surface area (Å²) in [5.74, 6) is 0.874. The Bertz CT molecular complexity index is 828. The lowest BCUT2D eigenvalue weighted by atomic mass is 10.1. The molecule has 1 N–H and O–H groups in total. The number of nitrogens with zero attached hydrogens (tertiary/aromatic N) is 2. The van der Waals surface area contributed by atoms with Crippen molar-refractivity contribution in [3.05, 3.63) is 66.1 Å². The van der Waals surface area contributed by atoms with Gasteiger partial charge in [-0.3, -0.25) is 4.79 Å². The van der Waals surface area contributed by atoms with Crippen LogP contribution in [0.15, 0.2) is 59.3 Å². The number of ether oxygens (including phenoxy) is 1. The Morgan fingerprint density at radius 2 is 1.88 bits per heavy atom. The van der Waals surface area contributed by atoms with E-state index in [4.69, 9.17) is 9.15 Å². The van der Waals surface area contributed by atoms with Gasteiger partial charge in [0.05, 0.1) is 6.04 Å². The van der Waals surface area contributed by atoms with Gasteiger partial charge in [0.15, 0.2) is 6.61 Å². The summed E-state index contributed by atoms with van der Waals surface area (Å²) in [7, 11) is 0. The second kappa shape index (κ2) is 8.29. The van der Waals surface area contributed by atoms with Crippen LogP contribution in [0.25, 0.3) is 11.5 Å². The normalized spacial score (nSPS) is 11.8. The third-order valence-electron chi connectivity index (χ3n) is 4.10. The number of rotatable bonds is 7. The van der Waals surface area contributed by atoms with Gasteiger partial charge in [-0.1, -0.05) is 31.2 Å². The van der Waals surface area contributed by atoms with E-state index in [2.05, 4.69) is 34.6 Å². The molecule has 6 nitrogen and oxygen atoms in total. The maximum Gasteiger partial charge on any atom is 0.258 e. The number of carbonyl (C=O) groups is 1. The number of amides is 1. The predicted molar refractivity (Wildman–Crippen MR) is 97.6 cm³/mol. The van der Waals surface area contributed by atoms with E-state index in [1.807, 2.05) is 19.1 Å². The van der Waals surface area contributed by atoms with Gasteiger partial charge in [0.2, 0.25) is 12.3 Å². The summed E-state index contributed by atoms with van der Waals surface area (Å²) in [6.45, 7) is 4.03. The van der Waals surface area contributed by atoms with Crippen molar-refractivity contribution in [1.29, 1.82) is 0 Å². The van der Waals surface area contributed by atoms with Gasteiger partial charge in [-0.25, -0.2) is 0 Å². The fourth-order valence-corrected chi connectivity index (χ4v) is 2.55. The average molecular weight is 351 g/mol. The van der Waals surface area contributed by atoms with Crippen molar-refractivity contribution >= 4 is 5.91 Å². The van der Waals surface area contributed by atoms with Crippen molar-refractivity contribution in [1.82, 2.24) is 15.5 Å². The first-order chi connectivity index (χ1) is 12.7. The maximum absolute atomic E-state index is 12.1. The van der Waals surface area contributed by atoms with E-state index in [1.165, 1.54) is 12.0 Å². The molecule has 3 rings (SSSR count). The second-order valence-electron chi connectivity index (χ2n) is 5.94. The number of benzene rings is 2. The summed E-state index contributed by atoms with van der Waals surface area (Å²) >= 11 is 0. The van der Waals surface area contributed by atoms with Gasteiger partial charge in [-0.2, -0.15) is 0 Å². The van der Waals surface area contributed by atoms with Crippen LogP contribution in [0.1, 0.15) is 31.0 Å². The predicted octanol–water partition coefficient (Wildman–Crippen LogP) is 3.56. The molecule has 134 valence electrons. The molecule has 0 unspecified atom stereocenters. The minimum Gasteiger partial charge on any atom is -0.484 e. The molecule has 3 aromatic rings. The lowest BCUT2D eigenvalue weighted by Gasteiger charge is -2.15. The van der Waals surface area contributed by atoms with Crippen LogP contribution in [-0.2, 0) is 11.2 Å². The lowest BCUT2D eigenvalue weighted by molar-refractivity contribution is -0.123. The third kappa shape index (κ3) is 4.47. The van der Waals surface area contributed by atoms with Gasteiger partial charge >= 0.3 is 0 Å². The number of carbonyl (C=O) groups excluding carboxylic acids is 1. The molecule has 2 aromatic carbocycles. The van der Waals surface area contributed by atoms with E-state index in [1.54, 1.807) is 24.3 Å². The lowest BCUT2D eigenvalue weighted by Crippen LogP contribution is -2.31. The Balaban J connectivity index is 1.50. The van der Waals surface area contributed by atoms with Crippen LogP contribution >= 0.6 is 0 Å². The molecular weight excluding hydrogens is 330 g/mol. The molecule has 1 aromatic heterocycles. The minimum absolute atomic E-state index is 0.0444. The third-order valence-corrected chi connectivity index (χ3v) is 4.10. The number of nitrogens with one attached hydrogen (secondary N) is 1. The molecule has 26 heavy (non-hydrogen) atoms. The quantitative estimate of drug-likeness (QED) is 0.704. The monoisotopic (exact) mass is 351 g/mol. The van der Waals surface area contributed by atoms with Gasteiger partial charge in [-0.15, -0.1) is 10.2 Å². The van der Waals surface area contributed by atoms with Crippen molar-refractivity contribution < 1.29 is 13.9 Å². The molecule has 1 amide bonds. The molecule has 1 atom stereocenters. The van der Waals surface area contributed by atoms with Gasteiger partial charge in [0.25, 0.3) is 5.91 Å². The molecule has 0 aliphatic carbocycles. The Morgan fingerprint density at radius 3 is 2.50 bits per heavy atom. The van der Waals surface area contributed by atoms with Crippen molar-refractivity contribution in [3.8, 4) is 17.2 Å². The van der Waals surface area contributed by atoms with Crippen LogP contribution in [0, 0.1) is 0 Å². The average Bonchev–Trinajstić information content (AvgIpc) is 3.21. The van der Waals surface area contributed by atoms with Crippen molar-refractivity contribution in [3.63, 3.8) is 0 Å². The highest BCUT2D eigenvalue weighted by molar-refractivity contribution is 5.78. The zero-order valence-electron chi connectivity index (χ0n) is 14.8. The Labute approximate surface area is 152 Å². The van der Waals surface area contributed by atoms with Crippen molar-refractivity contribution in [2.45, 2.75) is 26.3 Å². The standard InChI is InChI=1S/C20H21N3O3/c1-3-15-4-6-16(7-5-15)14(2)22-19(24)12-25-18-10-8-17(9-11-18)20-23-21-13-26-20/h4-11,13-14H,3,12H2,1-2H3,(H,22,24)/t14-/m1/s1. The summed E-state index contributed by atoms with van der Waals surface area (Å²) in [5, 5.41) is 10.4. The summed E-state index contributed by atoms with van der Waals surface area (Å²) in [5.41, 5.74) is 3.14. The molecule has 0 aliphatic heterocycles. The zero-order valence-corrected chi connectivity index (χ0v) is 14.8. The van der Waals surface area contributed by atoms with E-state index in [9.17, 15) is 4.79 Å². The van der Waals surface area contributed by atoms with Crippen LogP contribution < -0.4 is 10.1 Å². The van der Waals surface area contributed by atoms with Crippen LogP contribution in [0.4, 0.5) is 0 Å². The van der Waals surface area contributed by atoms with E-state index in [-0.39, 0.29) is 18.6 Å². The highest BCUT2D eigenvalue weighted by Crippen LogP contribution is 2.20. The topological polar surface area (TPSA) is 77.2 Å². The summed E-state index contributed by atoms with van der Waals surface area (Å²) < 4.78 is 10.7. The Kier molecular flexibility index (Phi) is 5.63. The largest absolute Gasteiger partial charge is 0.484 e. The van der Waals surface area contributed by atoms with Gasteiger partial charge in [0, 0.05) is 5.56 Å². The van der Waals surface area contributed by atoms with Crippen LogP contribution in [-0.4, -0.2) is 22.7 Å². The maximum atomic E-state index is 12.1. The van der Waals surface area contributed by atoms with Crippen molar-refractivity contribution in [2.75, 3.05) is 6.61 Å². The first-order valence-electron chi connectivity index (χ1n) is 8.53. The second-order valence-corrected chi connectivity index (χ2v) is 5.94. The molecule has 0 saturated heterocycles. The van der Waals surface area contributed by atoms with E-state index in [0.29, 0.717) is 11.6 Å².